The van der Waals surface area contributed by atoms with E-state index in [9.17, 15) is 5.11 Å². The van der Waals surface area contributed by atoms with Crippen LogP contribution in [0.5, 0.6) is 0 Å². The van der Waals surface area contributed by atoms with E-state index in [1.807, 2.05) is 0 Å². The lowest BCUT2D eigenvalue weighted by molar-refractivity contribution is -0.115. The molecule has 0 aromatic rings. The zero-order chi connectivity index (χ0) is 12.0. The van der Waals surface area contributed by atoms with Crippen LogP contribution in [0.2, 0.25) is 0 Å². The maximum atomic E-state index is 9.68. The van der Waals surface area contributed by atoms with Crippen molar-refractivity contribution in [3.8, 4) is 0 Å². The maximum absolute atomic E-state index is 9.68. The molecule has 0 amide bonds. The van der Waals surface area contributed by atoms with Crippen molar-refractivity contribution in [1.29, 1.82) is 0 Å². The standard InChI is InChI=1S/C13H22O2S/c1-3-10(13(14)15-2)9-12(16)11-7-5-4-6-8-11/h4-7,10-14,16H,3,8-9H2,1-2H3. The average Bonchev–Trinajstić information content (AvgIpc) is 2.35. The van der Waals surface area contributed by atoms with Gasteiger partial charge in [-0.05, 0) is 25.2 Å². The monoisotopic (exact) mass is 242 g/mol. The molecule has 0 radical (unpaired) electrons. The fourth-order valence-electron chi connectivity index (χ4n) is 2.05. The second-order valence-corrected chi connectivity index (χ2v) is 4.97. The Morgan fingerprint density at radius 3 is 2.75 bits per heavy atom. The molecule has 3 heteroatoms. The molecule has 1 N–H and O–H groups in total. The first-order valence-corrected chi connectivity index (χ1v) is 6.43. The summed E-state index contributed by atoms with van der Waals surface area (Å²) >= 11 is 4.65. The molecule has 1 aliphatic rings. The molecule has 92 valence electrons. The molecule has 1 rings (SSSR count). The van der Waals surface area contributed by atoms with Crippen LogP contribution in [0.3, 0.4) is 0 Å². The summed E-state index contributed by atoms with van der Waals surface area (Å²) in [5, 5.41) is 9.96. The van der Waals surface area contributed by atoms with Gasteiger partial charge in [-0.2, -0.15) is 12.6 Å². The maximum Gasteiger partial charge on any atom is 0.156 e. The lowest BCUT2D eigenvalue weighted by Crippen LogP contribution is -2.27. The third-order valence-electron chi connectivity index (χ3n) is 3.22. The molecular formula is C13H22O2S. The van der Waals surface area contributed by atoms with E-state index in [4.69, 9.17) is 4.74 Å². The SMILES string of the molecule is CCC(CC(S)C1C=CC=CC1)C(O)OC. The van der Waals surface area contributed by atoms with Crippen molar-refractivity contribution in [2.75, 3.05) is 7.11 Å². The summed E-state index contributed by atoms with van der Waals surface area (Å²) in [4.78, 5) is 0. The van der Waals surface area contributed by atoms with Gasteiger partial charge >= 0.3 is 0 Å². The molecule has 0 saturated carbocycles. The normalized spacial score (nSPS) is 25.4. The Morgan fingerprint density at radius 2 is 2.25 bits per heavy atom. The van der Waals surface area contributed by atoms with Gasteiger partial charge in [0.25, 0.3) is 0 Å². The fraction of sp³-hybridized carbons (Fsp3) is 0.692. The van der Waals surface area contributed by atoms with Crippen molar-refractivity contribution in [1.82, 2.24) is 0 Å². The van der Waals surface area contributed by atoms with Gasteiger partial charge in [0.2, 0.25) is 0 Å². The van der Waals surface area contributed by atoms with Gasteiger partial charge in [-0.1, -0.05) is 31.2 Å². The van der Waals surface area contributed by atoms with E-state index < -0.39 is 6.29 Å². The van der Waals surface area contributed by atoms with Gasteiger partial charge < -0.3 is 9.84 Å². The van der Waals surface area contributed by atoms with Crippen LogP contribution in [0.4, 0.5) is 0 Å². The lowest BCUT2D eigenvalue weighted by Gasteiger charge is -2.27. The van der Waals surface area contributed by atoms with Crippen LogP contribution in [-0.4, -0.2) is 23.8 Å². The number of hydrogen-bond donors (Lipinski definition) is 2. The molecule has 0 fully saturated rings. The van der Waals surface area contributed by atoms with Crippen LogP contribution in [-0.2, 0) is 4.74 Å². The van der Waals surface area contributed by atoms with Crippen molar-refractivity contribution in [2.45, 2.75) is 37.7 Å². The zero-order valence-electron chi connectivity index (χ0n) is 10.0. The number of allylic oxidation sites excluding steroid dienone is 4. The van der Waals surface area contributed by atoms with Crippen molar-refractivity contribution < 1.29 is 9.84 Å². The molecule has 16 heavy (non-hydrogen) atoms. The van der Waals surface area contributed by atoms with Crippen molar-refractivity contribution in [3.05, 3.63) is 24.3 Å². The molecule has 0 aromatic heterocycles. The van der Waals surface area contributed by atoms with Gasteiger partial charge in [-0.25, -0.2) is 0 Å². The van der Waals surface area contributed by atoms with Crippen LogP contribution in [0.25, 0.3) is 0 Å². The largest absolute Gasteiger partial charge is 0.368 e. The van der Waals surface area contributed by atoms with Crippen LogP contribution < -0.4 is 0 Å². The van der Waals surface area contributed by atoms with Gasteiger partial charge in [0.05, 0.1) is 0 Å². The van der Waals surface area contributed by atoms with Crippen molar-refractivity contribution >= 4 is 12.6 Å². The van der Waals surface area contributed by atoms with Crippen LogP contribution >= 0.6 is 12.6 Å². The van der Waals surface area contributed by atoms with E-state index in [1.165, 1.54) is 0 Å². The first-order chi connectivity index (χ1) is 7.69. The summed E-state index contributed by atoms with van der Waals surface area (Å²) in [6.45, 7) is 2.07. The second kappa shape index (κ2) is 7.15. The summed E-state index contributed by atoms with van der Waals surface area (Å²) in [5.74, 6) is 0.651. The molecule has 0 bridgehead atoms. The predicted molar refractivity (Wildman–Crippen MR) is 70.6 cm³/mol. The number of hydrogen-bond acceptors (Lipinski definition) is 3. The summed E-state index contributed by atoms with van der Waals surface area (Å²) in [7, 11) is 1.55. The Balaban J connectivity index is 2.45. The van der Waals surface area contributed by atoms with Crippen LogP contribution in [0.1, 0.15) is 26.2 Å². The van der Waals surface area contributed by atoms with Gasteiger partial charge in [0, 0.05) is 18.3 Å². The quantitative estimate of drug-likeness (QED) is 0.554. The number of ether oxygens (including phenoxy) is 1. The molecule has 4 unspecified atom stereocenters. The highest BCUT2D eigenvalue weighted by molar-refractivity contribution is 7.81. The molecular weight excluding hydrogens is 220 g/mol. The third kappa shape index (κ3) is 3.96. The van der Waals surface area contributed by atoms with Crippen LogP contribution in [0, 0.1) is 11.8 Å². The highest BCUT2D eigenvalue weighted by atomic mass is 32.1. The molecule has 4 atom stereocenters. The molecule has 0 spiro atoms. The molecule has 0 aliphatic heterocycles. The highest BCUT2D eigenvalue weighted by Gasteiger charge is 2.24. The minimum Gasteiger partial charge on any atom is -0.368 e. The van der Waals surface area contributed by atoms with E-state index in [0.29, 0.717) is 5.92 Å². The summed E-state index contributed by atoms with van der Waals surface area (Å²) in [6.07, 6.45) is 10.7. The molecule has 0 heterocycles. The molecule has 0 aromatic carbocycles. The lowest BCUT2D eigenvalue weighted by atomic mass is 9.89. The van der Waals surface area contributed by atoms with Gasteiger partial charge in [0.1, 0.15) is 0 Å². The summed E-state index contributed by atoms with van der Waals surface area (Å²) in [5.41, 5.74) is 0. The second-order valence-electron chi connectivity index (χ2n) is 4.31. The van der Waals surface area contributed by atoms with E-state index in [2.05, 4.69) is 43.9 Å². The van der Waals surface area contributed by atoms with Gasteiger partial charge in [-0.15, -0.1) is 0 Å². The van der Waals surface area contributed by atoms with E-state index in [-0.39, 0.29) is 11.2 Å². The fourth-order valence-corrected chi connectivity index (χ4v) is 2.54. The minimum atomic E-state index is -0.664. The van der Waals surface area contributed by atoms with Gasteiger partial charge in [-0.3, -0.25) is 0 Å². The minimum absolute atomic E-state index is 0.173. The number of aliphatic hydroxyl groups excluding tert-OH is 1. The van der Waals surface area contributed by atoms with Crippen LogP contribution in [0.15, 0.2) is 24.3 Å². The Morgan fingerprint density at radius 1 is 1.50 bits per heavy atom. The van der Waals surface area contributed by atoms with Gasteiger partial charge in [0.15, 0.2) is 6.29 Å². The van der Waals surface area contributed by atoms with E-state index in [1.54, 1.807) is 7.11 Å². The first-order valence-electron chi connectivity index (χ1n) is 5.91. The summed E-state index contributed by atoms with van der Waals surface area (Å²) in [6, 6.07) is 0. The Labute approximate surface area is 104 Å². The number of thiol groups is 1. The number of rotatable bonds is 6. The van der Waals surface area contributed by atoms with Crippen molar-refractivity contribution in [3.63, 3.8) is 0 Å². The Kier molecular flexibility index (Phi) is 6.17. The first kappa shape index (κ1) is 13.8. The average molecular weight is 242 g/mol. The highest BCUT2D eigenvalue weighted by Crippen LogP contribution is 2.28. The predicted octanol–water partition coefficient (Wildman–Crippen LogP) is 2.80. The molecule has 1 aliphatic carbocycles. The summed E-state index contributed by atoms with van der Waals surface area (Å²) < 4.78 is 4.98. The third-order valence-corrected chi connectivity index (χ3v) is 3.82. The zero-order valence-corrected chi connectivity index (χ0v) is 10.9. The molecule has 0 saturated heterocycles. The number of aliphatic hydroxyl groups is 1. The smallest absolute Gasteiger partial charge is 0.156 e. The Hall–Kier alpha value is -0.250. The number of methoxy groups -OCH3 is 1. The molecule has 2 nitrogen and oxygen atoms in total. The van der Waals surface area contributed by atoms with E-state index in [0.717, 1.165) is 19.3 Å². The Bertz CT molecular complexity index is 250. The topological polar surface area (TPSA) is 29.5 Å². The van der Waals surface area contributed by atoms with Crippen molar-refractivity contribution in [2.24, 2.45) is 11.8 Å². The van der Waals surface area contributed by atoms with E-state index >= 15 is 0 Å².